The Bertz CT molecular complexity index is 371. The molecule has 0 saturated heterocycles. The molecule has 0 fully saturated rings. The highest BCUT2D eigenvalue weighted by atomic mass is 16.1. The van der Waals surface area contributed by atoms with Crippen molar-refractivity contribution < 1.29 is 4.79 Å². The number of hydrogen-bond acceptors (Lipinski definition) is 3. The summed E-state index contributed by atoms with van der Waals surface area (Å²) in [7, 11) is 0. The van der Waals surface area contributed by atoms with Crippen molar-refractivity contribution in [2.75, 3.05) is 17.2 Å². The molecule has 11 heavy (non-hydrogen) atoms. The maximum absolute atomic E-state index is 11.2. The van der Waals surface area contributed by atoms with Gasteiger partial charge < -0.3 is 10.6 Å². The van der Waals surface area contributed by atoms with Gasteiger partial charge in [-0.2, -0.15) is 0 Å². The fourth-order valence-electron chi connectivity index (χ4n) is 1.49. The monoisotopic (exact) mass is 146 g/mol. The van der Waals surface area contributed by atoms with Gasteiger partial charge in [0.15, 0.2) is 5.78 Å². The van der Waals surface area contributed by atoms with E-state index in [1.54, 1.807) is 0 Å². The molecule has 0 unspecified atom stereocenters. The molecular weight excluding hydrogens is 140 g/mol. The van der Waals surface area contributed by atoms with E-state index in [2.05, 4.69) is 10.6 Å². The van der Waals surface area contributed by atoms with E-state index in [1.165, 1.54) is 0 Å². The van der Waals surface area contributed by atoms with Gasteiger partial charge in [0.2, 0.25) is 0 Å². The van der Waals surface area contributed by atoms with E-state index in [4.69, 9.17) is 0 Å². The number of nitrogens with one attached hydrogen (secondary N) is 2. The second-order valence-electron chi connectivity index (χ2n) is 2.81. The number of hydrogen-bond donors (Lipinski definition) is 2. The molecule has 2 aliphatic rings. The minimum atomic E-state index is 0.191. The van der Waals surface area contributed by atoms with Crippen LogP contribution in [0.4, 0.5) is 17.1 Å². The largest absolute Gasteiger partial charge is 0.375 e. The van der Waals surface area contributed by atoms with Crippen molar-refractivity contribution in [3.05, 3.63) is 17.7 Å². The predicted molar refractivity (Wildman–Crippen MR) is 42.5 cm³/mol. The second kappa shape index (κ2) is 1.39. The molecule has 54 valence electrons. The van der Waals surface area contributed by atoms with E-state index < -0.39 is 0 Å². The molecule has 2 N–H and O–H groups in total. The lowest BCUT2D eigenvalue weighted by atomic mass is 10.1. The molecule has 1 aromatic carbocycles. The van der Waals surface area contributed by atoms with Crippen molar-refractivity contribution in [3.63, 3.8) is 0 Å². The van der Waals surface area contributed by atoms with Gasteiger partial charge in [0.25, 0.3) is 0 Å². The van der Waals surface area contributed by atoms with Crippen LogP contribution in [0.1, 0.15) is 10.4 Å². The minimum Gasteiger partial charge on any atom is -0.375 e. The molecule has 0 atom stereocenters. The minimum absolute atomic E-state index is 0.191. The number of carbonyl (C=O) groups excluding carboxylic acids is 1. The van der Waals surface area contributed by atoms with Crippen LogP contribution in [-0.4, -0.2) is 12.3 Å². The van der Waals surface area contributed by atoms with Crippen LogP contribution in [0.2, 0.25) is 0 Å². The summed E-state index contributed by atoms with van der Waals surface area (Å²) in [5, 5.41) is 6.15. The molecule has 2 heterocycles. The molecule has 2 aliphatic heterocycles. The Morgan fingerprint density at radius 3 is 3.09 bits per heavy atom. The first-order chi connectivity index (χ1) is 5.36. The van der Waals surface area contributed by atoms with Crippen molar-refractivity contribution in [1.29, 1.82) is 0 Å². The van der Waals surface area contributed by atoms with Gasteiger partial charge in [-0.05, 0) is 12.1 Å². The van der Waals surface area contributed by atoms with Crippen LogP contribution in [0.5, 0.6) is 0 Å². The van der Waals surface area contributed by atoms with Gasteiger partial charge >= 0.3 is 0 Å². The summed E-state index contributed by atoms with van der Waals surface area (Å²) in [6.45, 7) is 0.452. The number of Topliss-reactive ketones (excluding diaryl/α,β-unsaturated/α-hetero) is 1. The number of fused-ring (bicyclic) bond motifs is 3. The Labute approximate surface area is 63.4 Å². The fraction of sp³-hybridized carbons (Fsp3) is 0.125. The second-order valence-corrected chi connectivity index (χ2v) is 2.81. The molecular formula is C8H6N2O. The first-order valence-corrected chi connectivity index (χ1v) is 3.57. The molecule has 3 nitrogen and oxygen atoms in total. The quantitative estimate of drug-likeness (QED) is 0.551. The molecule has 1 aromatic rings. The van der Waals surface area contributed by atoms with Crippen LogP contribution in [0.15, 0.2) is 12.1 Å². The summed E-state index contributed by atoms with van der Waals surface area (Å²) in [5.41, 5.74) is 4.07. The van der Waals surface area contributed by atoms with Gasteiger partial charge in [-0.15, -0.1) is 0 Å². The number of ketones is 1. The Balaban J connectivity index is 2.34. The van der Waals surface area contributed by atoms with Crippen molar-refractivity contribution in [2.45, 2.75) is 0 Å². The van der Waals surface area contributed by atoms with Crippen LogP contribution in [0.3, 0.4) is 0 Å². The maximum atomic E-state index is 11.2. The van der Waals surface area contributed by atoms with E-state index in [1.807, 2.05) is 12.1 Å². The van der Waals surface area contributed by atoms with E-state index >= 15 is 0 Å². The van der Waals surface area contributed by atoms with Crippen molar-refractivity contribution >= 4 is 22.8 Å². The molecule has 0 aromatic heterocycles. The van der Waals surface area contributed by atoms with Gasteiger partial charge in [0, 0.05) is 5.56 Å². The normalized spacial score (nSPS) is 16.5. The van der Waals surface area contributed by atoms with E-state index in [-0.39, 0.29) is 5.78 Å². The molecule has 3 heteroatoms. The lowest BCUT2D eigenvalue weighted by molar-refractivity contribution is 0.101. The van der Waals surface area contributed by atoms with Crippen LogP contribution >= 0.6 is 0 Å². The highest BCUT2D eigenvalue weighted by Crippen LogP contribution is 2.48. The molecule has 3 rings (SSSR count). The summed E-state index contributed by atoms with van der Waals surface area (Å²) in [4.78, 5) is 11.2. The number of carbonyl (C=O) groups is 1. The lowest BCUT2D eigenvalue weighted by Gasteiger charge is -1.91. The van der Waals surface area contributed by atoms with Gasteiger partial charge in [-0.3, -0.25) is 4.79 Å². The Morgan fingerprint density at radius 1 is 1.27 bits per heavy atom. The maximum Gasteiger partial charge on any atom is 0.184 e. The van der Waals surface area contributed by atoms with Crippen molar-refractivity contribution in [1.82, 2.24) is 0 Å². The zero-order valence-electron chi connectivity index (χ0n) is 5.77. The number of rotatable bonds is 0. The first-order valence-electron chi connectivity index (χ1n) is 3.57. The molecule has 0 radical (unpaired) electrons. The third kappa shape index (κ3) is 0.510. The Hall–Kier alpha value is -1.51. The molecule has 0 aliphatic carbocycles. The SMILES string of the molecule is O=C1CNc2c1ccc1c2N1. The third-order valence-corrected chi connectivity index (χ3v) is 2.13. The zero-order valence-corrected chi connectivity index (χ0v) is 5.77. The van der Waals surface area contributed by atoms with Crippen LogP contribution < -0.4 is 10.6 Å². The van der Waals surface area contributed by atoms with Crippen LogP contribution in [-0.2, 0) is 0 Å². The van der Waals surface area contributed by atoms with Crippen molar-refractivity contribution in [2.24, 2.45) is 0 Å². The molecule has 0 spiro atoms. The Morgan fingerprint density at radius 2 is 2.18 bits per heavy atom. The lowest BCUT2D eigenvalue weighted by Crippen LogP contribution is -2.00. The van der Waals surface area contributed by atoms with Crippen LogP contribution in [0.25, 0.3) is 0 Å². The number of anilines is 3. The fourth-order valence-corrected chi connectivity index (χ4v) is 1.49. The van der Waals surface area contributed by atoms with Gasteiger partial charge in [-0.25, -0.2) is 0 Å². The highest BCUT2D eigenvalue weighted by Gasteiger charge is 2.29. The van der Waals surface area contributed by atoms with Gasteiger partial charge in [0.05, 0.1) is 23.6 Å². The third-order valence-electron chi connectivity index (χ3n) is 2.13. The summed E-state index contributed by atoms with van der Waals surface area (Å²) in [5.74, 6) is 0.191. The summed E-state index contributed by atoms with van der Waals surface area (Å²) >= 11 is 0. The summed E-state index contributed by atoms with van der Waals surface area (Å²) in [6.07, 6.45) is 0. The van der Waals surface area contributed by atoms with Gasteiger partial charge in [0.1, 0.15) is 0 Å². The van der Waals surface area contributed by atoms with E-state index in [0.717, 1.165) is 22.6 Å². The summed E-state index contributed by atoms with van der Waals surface area (Å²) < 4.78 is 0. The predicted octanol–water partition coefficient (Wildman–Crippen LogP) is 1.35. The molecule has 0 bridgehead atoms. The first kappa shape index (κ1) is 5.18. The van der Waals surface area contributed by atoms with Crippen LogP contribution in [0, 0.1) is 0 Å². The number of benzene rings is 1. The summed E-state index contributed by atoms with van der Waals surface area (Å²) in [6, 6.07) is 3.82. The Kier molecular flexibility index (Phi) is 0.656. The average molecular weight is 146 g/mol. The van der Waals surface area contributed by atoms with E-state index in [9.17, 15) is 4.79 Å². The van der Waals surface area contributed by atoms with Gasteiger partial charge in [-0.1, -0.05) is 0 Å². The zero-order chi connectivity index (χ0) is 7.42. The smallest absolute Gasteiger partial charge is 0.184 e. The van der Waals surface area contributed by atoms with E-state index in [0.29, 0.717) is 6.54 Å². The standard InChI is InChI=1S/C8H6N2O/c11-6-3-9-7-4(6)1-2-5-8(7)10-5/h1-2,9-10H,3H2. The molecule has 0 saturated carbocycles. The molecule has 0 amide bonds. The van der Waals surface area contributed by atoms with Crippen molar-refractivity contribution in [3.8, 4) is 0 Å². The highest BCUT2D eigenvalue weighted by molar-refractivity contribution is 6.16. The topological polar surface area (TPSA) is 51.0 Å². The average Bonchev–Trinajstić information content (AvgIpc) is 2.71.